The smallest absolute Gasteiger partial charge is 0.264 e. The van der Waals surface area contributed by atoms with Crippen molar-refractivity contribution in [2.45, 2.75) is 32.1 Å². The number of rotatable bonds is 5. The summed E-state index contributed by atoms with van der Waals surface area (Å²) >= 11 is 0. The van der Waals surface area contributed by atoms with Crippen LogP contribution in [0.2, 0.25) is 0 Å². The number of ether oxygens (including phenoxy) is 1. The molecule has 8 heteroatoms. The maximum Gasteiger partial charge on any atom is 0.264 e. The average Bonchev–Trinajstić information content (AvgIpc) is 3.20. The van der Waals surface area contributed by atoms with Crippen molar-refractivity contribution in [1.82, 2.24) is 20.3 Å². The van der Waals surface area contributed by atoms with Crippen LogP contribution in [0.3, 0.4) is 0 Å². The summed E-state index contributed by atoms with van der Waals surface area (Å²) in [6.07, 6.45) is 1.84. The van der Waals surface area contributed by atoms with Gasteiger partial charge in [-0.15, -0.1) is 0 Å². The van der Waals surface area contributed by atoms with Crippen molar-refractivity contribution in [3.63, 3.8) is 0 Å². The van der Waals surface area contributed by atoms with Crippen molar-refractivity contribution in [2.24, 2.45) is 0 Å². The quantitative estimate of drug-likeness (QED) is 0.697. The molecule has 3 heterocycles. The number of nitrogens with zero attached hydrogens (tertiary/aromatic N) is 3. The second-order valence-electron chi connectivity index (χ2n) is 7.51. The van der Waals surface area contributed by atoms with Crippen LogP contribution in [0.25, 0.3) is 11.3 Å². The lowest BCUT2D eigenvalue weighted by atomic mass is 9.90. The molecule has 1 amide bonds. The standard InChI is InChI=1S/C22H24N4O4/c1-14-11-19(30-25-14)17-13-20(27)23-24-22(17)15-7-9-26(10-8-15)21(28)12-16-5-3-4-6-18(16)29-2/h3-6,11,13,15H,7-10,12H2,1-2H3,(H,23,27). The molecular weight excluding hydrogens is 384 g/mol. The summed E-state index contributed by atoms with van der Waals surface area (Å²) < 4.78 is 10.7. The number of hydrogen-bond donors (Lipinski definition) is 1. The van der Waals surface area contributed by atoms with Gasteiger partial charge in [-0.1, -0.05) is 23.4 Å². The Morgan fingerprint density at radius 1 is 1.27 bits per heavy atom. The molecule has 0 saturated carbocycles. The summed E-state index contributed by atoms with van der Waals surface area (Å²) in [5.41, 5.74) is 2.79. The van der Waals surface area contributed by atoms with E-state index in [1.807, 2.05) is 36.1 Å². The predicted octanol–water partition coefficient (Wildman–Crippen LogP) is 2.69. The molecule has 0 atom stereocenters. The Morgan fingerprint density at radius 3 is 2.73 bits per heavy atom. The number of piperidine rings is 1. The van der Waals surface area contributed by atoms with Crippen LogP contribution >= 0.6 is 0 Å². The van der Waals surface area contributed by atoms with Crippen molar-refractivity contribution < 1.29 is 14.1 Å². The molecule has 2 aromatic heterocycles. The number of hydrogen-bond acceptors (Lipinski definition) is 6. The summed E-state index contributed by atoms with van der Waals surface area (Å²) in [5.74, 6) is 1.47. The highest BCUT2D eigenvalue weighted by Gasteiger charge is 2.28. The summed E-state index contributed by atoms with van der Waals surface area (Å²) in [6, 6.07) is 10.9. The Bertz CT molecular complexity index is 1100. The topological polar surface area (TPSA) is 101 Å². The van der Waals surface area contributed by atoms with Gasteiger partial charge in [0.2, 0.25) is 5.91 Å². The molecule has 1 fully saturated rings. The van der Waals surface area contributed by atoms with Crippen LogP contribution in [-0.4, -0.2) is 46.4 Å². The number of carbonyl (C=O) groups is 1. The predicted molar refractivity (Wildman–Crippen MR) is 110 cm³/mol. The van der Waals surface area contributed by atoms with E-state index in [2.05, 4.69) is 15.4 Å². The first-order chi connectivity index (χ1) is 14.5. The highest BCUT2D eigenvalue weighted by molar-refractivity contribution is 5.79. The van der Waals surface area contributed by atoms with Gasteiger partial charge < -0.3 is 14.2 Å². The molecule has 0 bridgehead atoms. The summed E-state index contributed by atoms with van der Waals surface area (Å²) in [4.78, 5) is 26.5. The third-order valence-corrected chi connectivity index (χ3v) is 5.50. The van der Waals surface area contributed by atoms with Crippen LogP contribution in [0, 0.1) is 6.92 Å². The van der Waals surface area contributed by atoms with Crippen molar-refractivity contribution in [1.29, 1.82) is 0 Å². The van der Waals surface area contributed by atoms with E-state index < -0.39 is 0 Å². The molecule has 0 unspecified atom stereocenters. The van der Waals surface area contributed by atoms with E-state index >= 15 is 0 Å². The van der Waals surface area contributed by atoms with E-state index in [4.69, 9.17) is 9.26 Å². The van der Waals surface area contributed by atoms with E-state index in [-0.39, 0.29) is 17.4 Å². The van der Waals surface area contributed by atoms with Gasteiger partial charge >= 0.3 is 0 Å². The number of amides is 1. The van der Waals surface area contributed by atoms with Gasteiger partial charge in [0.05, 0.1) is 24.9 Å². The molecule has 3 aromatic rings. The number of para-hydroxylation sites is 1. The molecule has 1 aromatic carbocycles. The van der Waals surface area contributed by atoms with E-state index in [1.165, 1.54) is 6.07 Å². The molecule has 0 aliphatic carbocycles. The number of carbonyl (C=O) groups excluding carboxylic acids is 1. The van der Waals surface area contributed by atoms with Crippen molar-refractivity contribution in [3.05, 3.63) is 63.7 Å². The van der Waals surface area contributed by atoms with Crippen LogP contribution < -0.4 is 10.3 Å². The molecule has 4 rings (SSSR count). The third-order valence-electron chi connectivity index (χ3n) is 5.50. The Labute approximate surface area is 173 Å². The van der Waals surface area contributed by atoms with Gasteiger partial charge in [-0.3, -0.25) is 9.59 Å². The number of H-pyrrole nitrogens is 1. The Kier molecular flexibility index (Phi) is 5.65. The second kappa shape index (κ2) is 8.52. The first-order valence-corrected chi connectivity index (χ1v) is 9.98. The zero-order valence-corrected chi connectivity index (χ0v) is 17.1. The van der Waals surface area contributed by atoms with Gasteiger partial charge in [-0.2, -0.15) is 5.10 Å². The molecule has 156 valence electrons. The molecule has 1 saturated heterocycles. The fourth-order valence-electron chi connectivity index (χ4n) is 3.94. The Hall–Kier alpha value is -3.42. The molecule has 1 aliphatic heterocycles. The molecule has 0 radical (unpaired) electrons. The van der Waals surface area contributed by atoms with Gasteiger partial charge in [0.15, 0.2) is 5.76 Å². The van der Waals surface area contributed by atoms with Gasteiger partial charge in [0, 0.05) is 42.3 Å². The van der Waals surface area contributed by atoms with Crippen LogP contribution in [0.1, 0.15) is 35.7 Å². The number of benzene rings is 1. The molecule has 0 spiro atoms. The number of aromatic amines is 1. The minimum absolute atomic E-state index is 0.0819. The zero-order chi connectivity index (χ0) is 21.1. The maximum atomic E-state index is 12.8. The fraction of sp³-hybridized carbons (Fsp3) is 0.364. The lowest BCUT2D eigenvalue weighted by Gasteiger charge is -2.32. The van der Waals surface area contributed by atoms with Crippen LogP contribution in [0.15, 0.2) is 45.7 Å². The summed E-state index contributed by atoms with van der Waals surface area (Å²) in [6.45, 7) is 3.10. The number of aromatic nitrogens is 3. The normalized spacial score (nSPS) is 14.7. The van der Waals surface area contributed by atoms with Gasteiger partial charge in [-0.25, -0.2) is 5.10 Å². The SMILES string of the molecule is COc1ccccc1CC(=O)N1CCC(c2n[nH]c(=O)cc2-c2cc(C)no2)CC1. The average molecular weight is 408 g/mol. The third kappa shape index (κ3) is 4.12. The minimum atomic E-state index is -0.285. The van der Waals surface area contributed by atoms with Crippen molar-refractivity contribution in [3.8, 4) is 17.1 Å². The van der Waals surface area contributed by atoms with Gasteiger partial charge in [-0.05, 0) is 25.8 Å². The van der Waals surface area contributed by atoms with Crippen LogP contribution in [0.5, 0.6) is 5.75 Å². The van der Waals surface area contributed by atoms with E-state index in [0.29, 0.717) is 30.8 Å². The lowest BCUT2D eigenvalue weighted by Crippen LogP contribution is -2.39. The summed E-state index contributed by atoms with van der Waals surface area (Å²) in [5, 5.41) is 10.8. The van der Waals surface area contributed by atoms with Crippen molar-refractivity contribution in [2.75, 3.05) is 20.2 Å². The highest BCUT2D eigenvalue weighted by Crippen LogP contribution is 2.33. The molecule has 1 N–H and O–H groups in total. The zero-order valence-electron chi connectivity index (χ0n) is 17.1. The number of nitrogens with one attached hydrogen (secondary N) is 1. The molecule has 1 aliphatic rings. The van der Waals surface area contributed by atoms with Gasteiger partial charge in [0.1, 0.15) is 5.75 Å². The molecular formula is C22H24N4O4. The first-order valence-electron chi connectivity index (χ1n) is 9.98. The van der Waals surface area contributed by atoms with E-state index in [0.717, 1.165) is 35.5 Å². The molecule has 30 heavy (non-hydrogen) atoms. The molecule has 8 nitrogen and oxygen atoms in total. The number of methoxy groups -OCH3 is 1. The Balaban J connectivity index is 1.46. The maximum absolute atomic E-state index is 12.8. The summed E-state index contributed by atoms with van der Waals surface area (Å²) in [7, 11) is 1.61. The van der Waals surface area contributed by atoms with Crippen LogP contribution in [0.4, 0.5) is 0 Å². The lowest BCUT2D eigenvalue weighted by molar-refractivity contribution is -0.131. The first kappa shape index (κ1) is 19.9. The van der Waals surface area contributed by atoms with E-state index in [9.17, 15) is 9.59 Å². The largest absolute Gasteiger partial charge is 0.496 e. The number of likely N-dealkylation sites (tertiary alicyclic amines) is 1. The number of aryl methyl sites for hydroxylation is 1. The van der Waals surface area contributed by atoms with Crippen LogP contribution in [-0.2, 0) is 11.2 Å². The fourth-order valence-corrected chi connectivity index (χ4v) is 3.94. The Morgan fingerprint density at radius 2 is 2.03 bits per heavy atom. The van der Waals surface area contributed by atoms with E-state index in [1.54, 1.807) is 13.2 Å². The monoisotopic (exact) mass is 408 g/mol. The highest BCUT2D eigenvalue weighted by atomic mass is 16.5. The van der Waals surface area contributed by atoms with Crippen molar-refractivity contribution >= 4 is 5.91 Å². The minimum Gasteiger partial charge on any atom is -0.496 e. The van der Waals surface area contributed by atoms with Gasteiger partial charge in [0.25, 0.3) is 5.56 Å². The second-order valence-corrected chi connectivity index (χ2v) is 7.51.